The minimum atomic E-state index is -3.43. The Labute approximate surface area is 186 Å². The van der Waals surface area contributed by atoms with E-state index in [0.717, 1.165) is 30.4 Å². The summed E-state index contributed by atoms with van der Waals surface area (Å²) in [6, 6.07) is 16.2. The van der Waals surface area contributed by atoms with E-state index in [0.29, 0.717) is 37.6 Å². The first kappa shape index (κ1) is 23.4. The molecule has 1 saturated heterocycles. The van der Waals surface area contributed by atoms with Crippen molar-refractivity contribution in [2.75, 3.05) is 26.2 Å². The van der Waals surface area contributed by atoms with Crippen LogP contribution in [0.15, 0.2) is 59.5 Å². The number of sulfonamides is 1. The molecule has 0 bridgehead atoms. The molecule has 0 aliphatic carbocycles. The Morgan fingerprint density at radius 2 is 1.58 bits per heavy atom. The number of carbonyl (C=O) groups excluding carboxylic acids is 1. The molecule has 3 rings (SSSR count). The van der Waals surface area contributed by atoms with Crippen molar-refractivity contribution in [1.29, 1.82) is 0 Å². The normalized spacial score (nSPS) is 16.1. The molecule has 0 saturated carbocycles. The molecule has 0 spiro atoms. The van der Waals surface area contributed by atoms with Crippen molar-refractivity contribution in [3.05, 3.63) is 65.7 Å². The number of rotatable bonds is 9. The summed E-state index contributed by atoms with van der Waals surface area (Å²) in [4.78, 5) is 15.2. The van der Waals surface area contributed by atoms with Gasteiger partial charge in [0.15, 0.2) is 0 Å². The van der Waals surface area contributed by atoms with Gasteiger partial charge < -0.3 is 4.90 Å². The highest BCUT2D eigenvalue weighted by molar-refractivity contribution is 7.89. The maximum Gasteiger partial charge on any atom is 0.244 e. The molecule has 2 aromatic carbocycles. The summed E-state index contributed by atoms with van der Waals surface area (Å²) in [7, 11) is -3.43. The maximum absolute atomic E-state index is 13.1. The van der Waals surface area contributed by atoms with E-state index in [1.165, 1.54) is 0 Å². The summed E-state index contributed by atoms with van der Waals surface area (Å²) in [6.07, 6.45) is 2.93. The van der Waals surface area contributed by atoms with E-state index >= 15 is 0 Å². The van der Waals surface area contributed by atoms with E-state index in [4.69, 9.17) is 0 Å². The second kappa shape index (κ2) is 10.9. The van der Waals surface area contributed by atoms with Crippen LogP contribution >= 0.6 is 0 Å². The highest BCUT2D eigenvalue weighted by atomic mass is 32.2. The van der Waals surface area contributed by atoms with E-state index in [-0.39, 0.29) is 5.91 Å². The van der Waals surface area contributed by atoms with E-state index < -0.39 is 16.1 Å². The standard InChI is InChI=1S/C24H33N3O3S/c1-3-26(4-2)24(28)23(21-11-7-5-8-12-21)25-19-20-13-15-22(16-14-20)31(29,30)27-17-9-6-10-18-27/h5,7-8,11-16,23,25H,3-4,6,9-10,17-19H2,1-2H3. The summed E-state index contributed by atoms with van der Waals surface area (Å²) >= 11 is 0. The van der Waals surface area contributed by atoms with Gasteiger partial charge in [0.05, 0.1) is 4.90 Å². The number of amides is 1. The molecular weight excluding hydrogens is 410 g/mol. The SMILES string of the molecule is CCN(CC)C(=O)C(NCc1ccc(S(=O)(=O)N2CCCCC2)cc1)c1ccccc1. The van der Waals surface area contributed by atoms with Crippen LogP contribution in [-0.4, -0.2) is 49.7 Å². The molecule has 1 aliphatic heterocycles. The molecule has 1 amide bonds. The van der Waals surface area contributed by atoms with Crippen LogP contribution in [0, 0.1) is 0 Å². The van der Waals surface area contributed by atoms with Gasteiger partial charge in [-0.3, -0.25) is 10.1 Å². The molecule has 6 nitrogen and oxygen atoms in total. The number of hydrogen-bond donors (Lipinski definition) is 1. The van der Waals surface area contributed by atoms with Gasteiger partial charge in [0.1, 0.15) is 6.04 Å². The number of benzene rings is 2. The number of nitrogens with zero attached hydrogens (tertiary/aromatic N) is 2. The van der Waals surface area contributed by atoms with Gasteiger partial charge in [-0.25, -0.2) is 8.42 Å². The van der Waals surface area contributed by atoms with Crippen LogP contribution in [-0.2, 0) is 21.4 Å². The quantitative estimate of drug-likeness (QED) is 0.643. The summed E-state index contributed by atoms with van der Waals surface area (Å²) < 4.78 is 27.3. The molecule has 1 N–H and O–H groups in total. The fourth-order valence-corrected chi connectivity index (χ4v) is 5.48. The second-order valence-corrected chi connectivity index (χ2v) is 9.78. The largest absolute Gasteiger partial charge is 0.342 e. The number of nitrogens with one attached hydrogen (secondary N) is 1. The number of likely N-dealkylation sites (N-methyl/N-ethyl adjacent to an activating group) is 1. The van der Waals surface area contributed by atoms with Crippen LogP contribution in [0.5, 0.6) is 0 Å². The summed E-state index contributed by atoms with van der Waals surface area (Å²) in [5.41, 5.74) is 1.86. The van der Waals surface area contributed by atoms with Gasteiger partial charge in [-0.1, -0.05) is 48.9 Å². The number of hydrogen-bond acceptors (Lipinski definition) is 4. The van der Waals surface area contributed by atoms with Crippen molar-refractivity contribution in [2.45, 2.75) is 50.6 Å². The fourth-order valence-electron chi connectivity index (χ4n) is 3.96. The molecule has 1 aliphatic rings. The molecule has 7 heteroatoms. The lowest BCUT2D eigenvalue weighted by molar-refractivity contribution is -0.133. The number of carbonyl (C=O) groups is 1. The van der Waals surface area contributed by atoms with E-state index in [2.05, 4.69) is 5.32 Å². The predicted octanol–water partition coefficient (Wildman–Crippen LogP) is 3.56. The zero-order chi connectivity index (χ0) is 22.3. The Kier molecular flexibility index (Phi) is 8.23. The Hall–Kier alpha value is -2.22. The highest BCUT2D eigenvalue weighted by Gasteiger charge is 2.26. The Morgan fingerprint density at radius 3 is 2.16 bits per heavy atom. The molecule has 168 valence electrons. The van der Waals surface area contributed by atoms with Crippen LogP contribution in [0.3, 0.4) is 0 Å². The lowest BCUT2D eigenvalue weighted by Gasteiger charge is -2.27. The van der Waals surface area contributed by atoms with Gasteiger partial charge in [-0.15, -0.1) is 0 Å². The third kappa shape index (κ3) is 5.73. The average Bonchev–Trinajstić information content (AvgIpc) is 2.81. The van der Waals surface area contributed by atoms with Crippen molar-refractivity contribution in [2.24, 2.45) is 0 Å². The van der Waals surface area contributed by atoms with Crippen LogP contribution < -0.4 is 5.32 Å². The van der Waals surface area contributed by atoms with Gasteiger partial charge in [0.2, 0.25) is 15.9 Å². The smallest absolute Gasteiger partial charge is 0.244 e. The minimum Gasteiger partial charge on any atom is -0.342 e. The second-order valence-electron chi connectivity index (χ2n) is 7.84. The third-order valence-electron chi connectivity index (χ3n) is 5.84. The zero-order valence-electron chi connectivity index (χ0n) is 18.5. The van der Waals surface area contributed by atoms with Gasteiger partial charge in [-0.2, -0.15) is 4.31 Å². The molecule has 1 unspecified atom stereocenters. The fraction of sp³-hybridized carbons (Fsp3) is 0.458. The first-order valence-corrected chi connectivity index (χ1v) is 12.6. The molecule has 1 heterocycles. The Morgan fingerprint density at radius 1 is 0.968 bits per heavy atom. The lowest BCUT2D eigenvalue weighted by Crippen LogP contribution is -2.40. The molecule has 1 atom stereocenters. The Bertz CT molecular complexity index is 936. The van der Waals surface area contributed by atoms with Gasteiger partial charge in [0.25, 0.3) is 0 Å². The molecule has 2 aromatic rings. The molecule has 1 fully saturated rings. The Balaban J connectivity index is 1.72. The van der Waals surface area contributed by atoms with Gasteiger partial charge in [-0.05, 0) is 49.9 Å². The topological polar surface area (TPSA) is 69.7 Å². The van der Waals surface area contributed by atoms with Crippen molar-refractivity contribution >= 4 is 15.9 Å². The number of piperidine rings is 1. The molecule has 31 heavy (non-hydrogen) atoms. The van der Waals surface area contributed by atoms with E-state index in [1.807, 2.05) is 61.2 Å². The van der Waals surface area contributed by atoms with Crippen LogP contribution in [0.2, 0.25) is 0 Å². The van der Waals surface area contributed by atoms with Gasteiger partial charge >= 0.3 is 0 Å². The third-order valence-corrected chi connectivity index (χ3v) is 7.75. The van der Waals surface area contributed by atoms with E-state index in [9.17, 15) is 13.2 Å². The summed E-state index contributed by atoms with van der Waals surface area (Å²) in [5.74, 6) is 0.0421. The maximum atomic E-state index is 13.1. The van der Waals surface area contributed by atoms with Crippen molar-refractivity contribution < 1.29 is 13.2 Å². The van der Waals surface area contributed by atoms with Crippen molar-refractivity contribution in [3.63, 3.8) is 0 Å². The highest BCUT2D eigenvalue weighted by Crippen LogP contribution is 2.22. The first-order chi connectivity index (χ1) is 15.0. The minimum absolute atomic E-state index is 0.0421. The lowest BCUT2D eigenvalue weighted by atomic mass is 10.0. The molecule has 0 aromatic heterocycles. The predicted molar refractivity (Wildman–Crippen MR) is 123 cm³/mol. The summed E-state index contributed by atoms with van der Waals surface area (Å²) in [6.45, 7) is 6.93. The van der Waals surface area contributed by atoms with E-state index in [1.54, 1.807) is 16.4 Å². The summed E-state index contributed by atoms with van der Waals surface area (Å²) in [5, 5.41) is 3.37. The van der Waals surface area contributed by atoms with Crippen molar-refractivity contribution in [1.82, 2.24) is 14.5 Å². The first-order valence-electron chi connectivity index (χ1n) is 11.1. The van der Waals surface area contributed by atoms with Crippen molar-refractivity contribution in [3.8, 4) is 0 Å². The zero-order valence-corrected chi connectivity index (χ0v) is 19.3. The van der Waals surface area contributed by atoms with Gasteiger partial charge in [0, 0.05) is 32.7 Å². The van der Waals surface area contributed by atoms with Crippen LogP contribution in [0.1, 0.15) is 50.3 Å². The average molecular weight is 444 g/mol. The molecule has 0 radical (unpaired) electrons. The van der Waals surface area contributed by atoms with Crippen LogP contribution in [0.4, 0.5) is 0 Å². The van der Waals surface area contributed by atoms with Crippen LogP contribution in [0.25, 0.3) is 0 Å². The monoisotopic (exact) mass is 443 g/mol. The molecular formula is C24H33N3O3S.